The normalized spacial score (nSPS) is 11.4. The molecule has 1 rings (SSSR count). The zero-order valence-electron chi connectivity index (χ0n) is 9.68. The van der Waals surface area contributed by atoms with Crippen LogP contribution in [0.4, 0.5) is 18.9 Å². The number of benzene rings is 1. The lowest BCUT2D eigenvalue weighted by molar-refractivity contribution is -0.172. The van der Waals surface area contributed by atoms with E-state index < -0.39 is 12.8 Å². The van der Waals surface area contributed by atoms with Crippen LogP contribution in [0.2, 0.25) is 0 Å². The summed E-state index contributed by atoms with van der Waals surface area (Å²) in [5.41, 5.74) is 0.776. The van der Waals surface area contributed by atoms with E-state index in [1.807, 2.05) is 0 Å². The molecule has 3 nitrogen and oxygen atoms in total. The van der Waals surface area contributed by atoms with Gasteiger partial charge in [0.25, 0.3) is 0 Å². The minimum Gasteiger partial charge on any atom is -0.496 e. The van der Waals surface area contributed by atoms with Crippen molar-refractivity contribution in [1.29, 1.82) is 0 Å². The highest BCUT2D eigenvalue weighted by Gasteiger charge is 2.27. The highest BCUT2D eigenvalue weighted by molar-refractivity contribution is 9.10. The molecule has 0 amide bonds. The summed E-state index contributed by atoms with van der Waals surface area (Å²) in [6, 6.07) is 5.30. The predicted molar refractivity (Wildman–Crippen MR) is 66.1 cm³/mol. The Kier molecular flexibility index (Phi) is 5.74. The number of hydrogen-bond donors (Lipinski definition) is 1. The SMILES string of the molecule is COc1ccc(NCCOCC(F)(F)F)cc1Br. The van der Waals surface area contributed by atoms with Crippen molar-refractivity contribution in [2.24, 2.45) is 0 Å². The third kappa shape index (κ3) is 5.59. The molecule has 0 radical (unpaired) electrons. The third-order valence-corrected chi connectivity index (χ3v) is 2.61. The molecule has 18 heavy (non-hydrogen) atoms. The van der Waals surface area contributed by atoms with Gasteiger partial charge in [0.05, 0.1) is 18.2 Å². The summed E-state index contributed by atoms with van der Waals surface area (Å²) in [5, 5.41) is 2.95. The lowest BCUT2D eigenvalue weighted by Crippen LogP contribution is -2.20. The highest BCUT2D eigenvalue weighted by Crippen LogP contribution is 2.27. The first-order chi connectivity index (χ1) is 8.42. The molecule has 0 aliphatic rings. The second-order valence-corrected chi connectivity index (χ2v) is 4.30. The topological polar surface area (TPSA) is 30.5 Å². The first-order valence-corrected chi connectivity index (χ1v) is 5.93. The molecule has 0 aliphatic carbocycles. The first-order valence-electron chi connectivity index (χ1n) is 5.14. The summed E-state index contributed by atoms with van der Waals surface area (Å²) in [5.74, 6) is 0.689. The fourth-order valence-electron chi connectivity index (χ4n) is 1.23. The van der Waals surface area contributed by atoms with Gasteiger partial charge < -0.3 is 14.8 Å². The molecule has 0 unspecified atom stereocenters. The van der Waals surface area contributed by atoms with E-state index in [0.29, 0.717) is 12.3 Å². The number of nitrogens with one attached hydrogen (secondary N) is 1. The Labute approximate surface area is 111 Å². The summed E-state index contributed by atoms with van der Waals surface area (Å²) in [6.45, 7) is -0.932. The molecular formula is C11H13BrF3NO2. The van der Waals surface area contributed by atoms with E-state index in [1.165, 1.54) is 0 Å². The molecule has 0 aliphatic heterocycles. The lowest BCUT2D eigenvalue weighted by atomic mass is 10.3. The highest BCUT2D eigenvalue weighted by atomic mass is 79.9. The quantitative estimate of drug-likeness (QED) is 0.812. The van der Waals surface area contributed by atoms with E-state index in [9.17, 15) is 13.2 Å². The minimum absolute atomic E-state index is 0.0108. The number of hydrogen-bond acceptors (Lipinski definition) is 3. The van der Waals surface area contributed by atoms with E-state index in [0.717, 1.165) is 10.2 Å². The molecule has 0 bridgehead atoms. The van der Waals surface area contributed by atoms with Crippen LogP contribution in [0.3, 0.4) is 0 Å². The molecule has 0 saturated heterocycles. The maximum atomic E-state index is 11.8. The predicted octanol–water partition coefficient (Wildman–Crippen LogP) is 3.45. The fraction of sp³-hybridized carbons (Fsp3) is 0.455. The van der Waals surface area contributed by atoms with Crippen molar-refractivity contribution in [2.45, 2.75) is 6.18 Å². The van der Waals surface area contributed by atoms with Crippen LogP contribution in [0.1, 0.15) is 0 Å². The first kappa shape index (κ1) is 15.1. The van der Waals surface area contributed by atoms with Crippen LogP contribution >= 0.6 is 15.9 Å². The van der Waals surface area contributed by atoms with Gasteiger partial charge in [-0.2, -0.15) is 13.2 Å². The summed E-state index contributed by atoms with van der Waals surface area (Å²) < 4.78 is 45.6. The Hall–Kier alpha value is -0.950. The molecule has 7 heteroatoms. The third-order valence-electron chi connectivity index (χ3n) is 1.99. The van der Waals surface area contributed by atoms with Gasteiger partial charge in [0, 0.05) is 12.2 Å². The van der Waals surface area contributed by atoms with Crippen molar-refractivity contribution in [2.75, 3.05) is 32.2 Å². The largest absolute Gasteiger partial charge is 0.496 e. The van der Waals surface area contributed by atoms with E-state index in [2.05, 4.69) is 26.0 Å². The van der Waals surface area contributed by atoms with Crippen molar-refractivity contribution >= 4 is 21.6 Å². The van der Waals surface area contributed by atoms with Crippen molar-refractivity contribution in [3.8, 4) is 5.75 Å². The second kappa shape index (κ2) is 6.84. The van der Waals surface area contributed by atoms with Crippen LogP contribution < -0.4 is 10.1 Å². The van der Waals surface area contributed by atoms with Gasteiger partial charge in [0.15, 0.2) is 0 Å². The Morgan fingerprint density at radius 3 is 2.61 bits per heavy atom. The molecule has 1 N–H and O–H groups in total. The van der Waals surface area contributed by atoms with Gasteiger partial charge in [-0.1, -0.05) is 0 Å². The zero-order valence-corrected chi connectivity index (χ0v) is 11.3. The number of anilines is 1. The Morgan fingerprint density at radius 1 is 1.33 bits per heavy atom. The number of methoxy groups -OCH3 is 1. The summed E-state index contributed by atoms with van der Waals surface area (Å²) in [4.78, 5) is 0. The van der Waals surface area contributed by atoms with Crippen LogP contribution in [-0.2, 0) is 4.74 Å². The van der Waals surface area contributed by atoms with Crippen molar-refractivity contribution in [1.82, 2.24) is 0 Å². The summed E-state index contributed by atoms with van der Waals surface area (Å²) in [6.07, 6.45) is -4.27. The Balaban J connectivity index is 2.29. The van der Waals surface area contributed by atoms with Gasteiger partial charge in [-0.3, -0.25) is 0 Å². The second-order valence-electron chi connectivity index (χ2n) is 3.44. The maximum Gasteiger partial charge on any atom is 0.411 e. The number of ether oxygens (including phenoxy) is 2. The van der Waals surface area contributed by atoms with Gasteiger partial charge in [-0.05, 0) is 34.1 Å². The van der Waals surface area contributed by atoms with E-state index in [1.54, 1.807) is 25.3 Å². The fourth-order valence-corrected chi connectivity index (χ4v) is 1.77. The van der Waals surface area contributed by atoms with Crippen molar-refractivity contribution in [3.63, 3.8) is 0 Å². The summed E-state index contributed by atoms with van der Waals surface area (Å²) in [7, 11) is 1.55. The average Bonchev–Trinajstić information content (AvgIpc) is 2.27. The molecule has 0 aromatic heterocycles. The van der Waals surface area contributed by atoms with E-state index in [4.69, 9.17) is 4.74 Å². The van der Waals surface area contributed by atoms with Crippen LogP contribution in [0.25, 0.3) is 0 Å². The zero-order chi connectivity index (χ0) is 13.6. The molecule has 0 atom stereocenters. The van der Waals surface area contributed by atoms with Crippen LogP contribution in [0.15, 0.2) is 22.7 Å². The molecule has 102 valence electrons. The Bertz CT molecular complexity index is 385. The molecule has 0 saturated carbocycles. The average molecular weight is 328 g/mol. The van der Waals surface area contributed by atoms with Gasteiger partial charge in [-0.15, -0.1) is 0 Å². The Morgan fingerprint density at radius 2 is 2.06 bits per heavy atom. The van der Waals surface area contributed by atoms with Crippen molar-refractivity contribution in [3.05, 3.63) is 22.7 Å². The van der Waals surface area contributed by atoms with Crippen LogP contribution in [-0.4, -0.2) is 33.0 Å². The number of rotatable bonds is 6. The number of alkyl halides is 3. The molecule has 0 fully saturated rings. The lowest BCUT2D eigenvalue weighted by Gasteiger charge is -2.10. The maximum absolute atomic E-state index is 11.8. The van der Waals surface area contributed by atoms with Crippen LogP contribution in [0, 0.1) is 0 Å². The molecular weight excluding hydrogens is 315 g/mol. The van der Waals surface area contributed by atoms with Gasteiger partial charge >= 0.3 is 6.18 Å². The van der Waals surface area contributed by atoms with E-state index >= 15 is 0 Å². The van der Waals surface area contributed by atoms with Gasteiger partial charge in [0.1, 0.15) is 12.4 Å². The van der Waals surface area contributed by atoms with Gasteiger partial charge in [-0.25, -0.2) is 0 Å². The molecule has 1 aromatic carbocycles. The molecule has 0 heterocycles. The van der Waals surface area contributed by atoms with Gasteiger partial charge in [0.2, 0.25) is 0 Å². The smallest absolute Gasteiger partial charge is 0.411 e. The van der Waals surface area contributed by atoms with Crippen LogP contribution in [0.5, 0.6) is 5.75 Å². The van der Waals surface area contributed by atoms with Crippen molar-refractivity contribution < 1.29 is 22.6 Å². The summed E-state index contributed by atoms with van der Waals surface area (Å²) >= 11 is 3.31. The molecule has 1 aromatic rings. The monoisotopic (exact) mass is 327 g/mol. The minimum atomic E-state index is -4.27. The van der Waals surface area contributed by atoms with E-state index in [-0.39, 0.29) is 6.61 Å². The standard InChI is InChI=1S/C11H13BrF3NO2/c1-17-10-3-2-8(6-9(10)12)16-4-5-18-7-11(13,14)15/h2-3,6,16H,4-5,7H2,1H3. The molecule has 0 spiro atoms. The number of halogens is 4.